The third-order valence-electron chi connectivity index (χ3n) is 3.55. The van der Waals surface area contributed by atoms with Gasteiger partial charge in [0.2, 0.25) is 0 Å². The summed E-state index contributed by atoms with van der Waals surface area (Å²) in [6.07, 6.45) is 0.521. The summed E-state index contributed by atoms with van der Waals surface area (Å²) >= 11 is 0. The van der Waals surface area contributed by atoms with Crippen LogP contribution in [0, 0.1) is 10.1 Å². The number of rotatable bonds is 7. The molecular weight excluding hydrogens is 328 g/mol. The van der Waals surface area contributed by atoms with E-state index in [4.69, 9.17) is 9.84 Å². The Kier molecular flexibility index (Phi) is 5.67. The Morgan fingerprint density at radius 2 is 1.84 bits per heavy atom. The third kappa shape index (κ3) is 4.54. The number of carbonyl (C=O) groups is 2. The number of nitro benzene ring substituents is 1. The number of hydrogen-bond acceptors (Lipinski definition) is 5. The number of amides is 1. The molecule has 0 aromatic heterocycles. The van der Waals surface area contributed by atoms with Crippen LogP contribution in [0.15, 0.2) is 42.5 Å². The molecule has 0 saturated carbocycles. The van der Waals surface area contributed by atoms with Crippen molar-refractivity contribution < 1.29 is 24.4 Å². The number of methoxy groups -OCH3 is 1. The van der Waals surface area contributed by atoms with Crippen LogP contribution in [0.25, 0.3) is 0 Å². The van der Waals surface area contributed by atoms with Gasteiger partial charge < -0.3 is 15.2 Å². The number of non-ortho nitro benzene ring substituents is 1. The first-order chi connectivity index (χ1) is 11.9. The molecule has 0 saturated heterocycles. The van der Waals surface area contributed by atoms with Crippen molar-refractivity contribution in [2.24, 2.45) is 0 Å². The molecule has 0 aliphatic carbocycles. The van der Waals surface area contributed by atoms with E-state index in [2.05, 4.69) is 5.32 Å². The number of nitrogens with zero attached hydrogens (tertiary/aromatic N) is 1. The van der Waals surface area contributed by atoms with Crippen molar-refractivity contribution in [3.8, 4) is 5.75 Å². The predicted octanol–water partition coefficient (Wildman–Crippen LogP) is 2.27. The van der Waals surface area contributed by atoms with Gasteiger partial charge in [-0.15, -0.1) is 0 Å². The van der Waals surface area contributed by atoms with Crippen LogP contribution in [0.2, 0.25) is 0 Å². The van der Waals surface area contributed by atoms with E-state index in [0.717, 1.165) is 29.5 Å². The van der Waals surface area contributed by atoms with Gasteiger partial charge in [0, 0.05) is 18.7 Å². The van der Waals surface area contributed by atoms with Crippen LogP contribution in [0.4, 0.5) is 5.69 Å². The predicted molar refractivity (Wildman–Crippen MR) is 89.1 cm³/mol. The highest BCUT2D eigenvalue weighted by molar-refractivity contribution is 6.05. The van der Waals surface area contributed by atoms with Crippen molar-refractivity contribution in [1.82, 2.24) is 5.32 Å². The van der Waals surface area contributed by atoms with Crippen LogP contribution in [0.1, 0.15) is 26.3 Å². The quantitative estimate of drug-likeness (QED) is 0.587. The van der Waals surface area contributed by atoms with Crippen LogP contribution in [0.3, 0.4) is 0 Å². The summed E-state index contributed by atoms with van der Waals surface area (Å²) in [7, 11) is 1.56. The summed E-state index contributed by atoms with van der Waals surface area (Å²) < 4.78 is 5.06. The van der Waals surface area contributed by atoms with Gasteiger partial charge in [0.15, 0.2) is 0 Å². The van der Waals surface area contributed by atoms with Crippen molar-refractivity contribution in [3.63, 3.8) is 0 Å². The van der Waals surface area contributed by atoms with E-state index in [1.807, 2.05) is 12.1 Å². The molecule has 8 heteroatoms. The summed E-state index contributed by atoms with van der Waals surface area (Å²) in [6.45, 7) is 0.257. The molecular formula is C17H16N2O6. The largest absolute Gasteiger partial charge is 0.497 e. The minimum absolute atomic E-state index is 0.239. The molecule has 130 valence electrons. The Balaban J connectivity index is 2.07. The van der Waals surface area contributed by atoms with Crippen molar-refractivity contribution in [1.29, 1.82) is 0 Å². The molecule has 8 nitrogen and oxygen atoms in total. The highest BCUT2D eigenvalue weighted by Gasteiger charge is 2.20. The lowest BCUT2D eigenvalue weighted by atomic mass is 10.1. The molecule has 0 atom stereocenters. The minimum atomic E-state index is -1.32. The first-order valence-corrected chi connectivity index (χ1v) is 7.35. The Hall–Kier alpha value is -3.42. The fourth-order valence-corrected chi connectivity index (χ4v) is 2.23. The standard InChI is InChI=1S/C17H16N2O6/c1-25-13-5-2-11(3-6-13)8-9-18-16(20)15-10-12(19(23)24)4-7-14(15)17(21)22/h2-7,10H,8-9H2,1H3,(H,18,20)(H,21,22). The maximum atomic E-state index is 12.2. The molecule has 2 N–H and O–H groups in total. The molecule has 25 heavy (non-hydrogen) atoms. The van der Waals surface area contributed by atoms with Crippen LogP contribution in [0.5, 0.6) is 5.75 Å². The van der Waals surface area contributed by atoms with Gasteiger partial charge in [0.05, 0.1) is 23.2 Å². The van der Waals surface area contributed by atoms with Gasteiger partial charge in [-0.2, -0.15) is 0 Å². The second-order valence-corrected chi connectivity index (χ2v) is 5.15. The van der Waals surface area contributed by atoms with Crippen LogP contribution < -0.4 is 10.1 Å². The lowest BCUT2D eigenvalue weighted by Gasteiger charge is -2.08. The van der Waals surface area contributed by atoms with Gasteiger partial charge in [-0.05, 0) is 30.2 Å². The smallest absolute Gasteiger partial charge is 0.336 e. The molecule has 0 aliphatic rings. The first-order valence-electron chi connectivity index (χ1n) is 7.35. The Labute approximate surface area is 143 Å². The zero-order chi connectivity index (χ0) is 18.4. The van der Waals surface area contributed by atoms with E-state index >= 15 is 0 Å². The van der Waals surface area contributed by atoms with Crippen molar-refractivity contribution in [2.75, 3.05) is 13.7 Å². The van der Waals surface area contributed by atoms with Crippen LogP contribution in [-0.4, -0.2) is 35.6 Å². The molecule has 0 bridgehead atoms. The number of ether oxygens (including phenoxy) is 1. The zero-order valence-corrected chi connectivity index (χ0v) is 13.4. The Bertz CT molecular complexity index is 801. The number of carbonyl (C=O) groups excluding carboxylic acids is 1. The first kappa shape index (κ1) is 17.9. The highest BCUT2D eigenvalue weighted by Crippen LogP contribution is 2.18. The molecule has 0 aliphatic heterocycles. The van der Waals surface area contributed by atoms with Gasteiger partial charge in [-0.25, -0.2) is 4.79 Å². The summed E-state index contributed by atoms with van der Waals surface area (Å²) in [5, 5.41) is 22.5. The number of carboxylic acids is 1. The molecule has 0 unspecified atom stereocenters. The van der Waals surface area contributed by atoms with Gasteiger partial charge in [-0.3, -0.25) is 14.9 Å². The molecule has 0 radical (unpaired) electrons. The van der Waals surface area contributed by atoms with E-state index < -0.39 is 16.8 Å². The van der Waals surface area contributed by atoms with Gasteiger partial charge in [0.25, 0.3) is 11.6 Å². The fourth-order valence-electron chi connectivity index (χ4n) is 2.23. The average Bonchev–Trinajstić information content (AvgIpc) is 2.61. The van der Waals surface area contributed by atoms with E-state index in [0.29, 0.717) is 6.42 Å². The molecule has 2 aromatic carbocycles. The van der Waals surface area contributed by atoms with E-state index in [-0.39, 0.29) is 23.4 Å². The monoisotopic (exact) mass is 344 g/mol. The molecule has 2 rings (SSSR count). The summed E-state index contributed by atoms with van der Waals surface area (Å²) in [6, 6.07) is 10.4. The fraction of sp³-hybridized carbons (Fsp3) is 0.176. The number of nitrogens with one attached hydrogen (secondary N) is 1. The maximum Gasteiger partial charge on any atom is 0.336 e. The molecule has 0 fully saturated rings. The Morgan fingerprint density at radius 1 is 1.16 bits per heavy atom. The van der Waals surface area contributed by atoms with Crippen LogP contribution >= 0.6 is 0 Å². The lowest BCUT2D eigenvalue weighted by Crippen LogP contribution is -2.27. The normalized spacial score (nSPS) is 10.1. The molecule has 1 amide bonds. The topological polar surface area (TPSA) is 119 Å². The van der Waals surface area contributed by atoms with Crippen molar-refractivity contribution in [2.45, 2.75) is 6.42 Å². The van der Waals surface area contributed by atoms with Crippen LogP contribution in [-0.2, 0) is 6.42 Å². The Morgan fingerprint density at radius 3 is 2.40 bits per heavy atom. The van der Waals surface area contributed by atoms with E-state index in [1.165, 1.54) is 0 Å². The van der Waals surface area contributed by atoms with Gasteiger partial charge >= 0.3 is 5.97 Å². The van der Waals surface area contributed by atoms with Crippen molar-refractivity contribution >= 4 is 17.6 Å². The molecule has 0 spiro atoms. The summed E-state index contributed by atoms with van der Waals surface area (Å²) in [4.78, 5) is 33.6. The number of carboxylic acid groups (broad SMARTS) is 1. The zero-order valence-electron chi connectivity index (χ0n) is 13.4. The number of aromatic carboxylic acids is 1. The van der Waals surface area contributed by atoms with Gasteiger partial charge in [0.1, 0.15) is 5.75 Å². The minimum Gasteiger partial charge on any atom is -0.497 e. The van der Waals surface area contributed by atoms with Gasteiger partial charge in [-0.1, -0.05) is 12.1 Å². The maximum absolute atomic E-state index is 12.2. The molecule has 0 heterocycles. The molecule has 2 aromatic rings. The lowest BCUT2D eigenvalue weighted by molar-refractivity contribution is -0.384. The third-order valence-corrected chi connectivity index (χ3v) is 3.55. The number of benzene rings is 2. The summed E-state index contributed by atoms with van der Waals surface area (Å²) in [5.41, 5.74) is 0.0906. The summed E-state index contributed by atoms with van der Waals surface area (Å²) in [5.74, 6) is -1.28. The average molecular weight is 344 g/mol. The second kappa shape index (κ2) is 7.91. The number of nitro groups is 1. The van der Waals surface area contributed by atoms with E-state index in [1.54, 1.807) is 19.2 Å². The van der Waals surface area contributed by atoms with Crippen molar-refractivity contribution in [3.05, 3.63) is 69.3 Å². The SMILES string of the molecule is COc1ccc(CCNC(=O)c2cc([N+](=O)[O-])ccc2C(=O)O)cc1. The number of hydrogen-bond donors (Lipinski definition) is 2. The highest BCUT2D eigenvalue weighted by atomic mass is 16.6. The second-order valence-electron chi connectivity index (χ2n) is 5.15. The van der Waals surface area contributed by atoms with E-state index in [9.17, 15) is 19.7 Å².